The van der Waals surface area contributed by atoms with E-state index in [0.717, 1.165) is 10.8 Å². The number of fused-ring (bicyclic) bond motifs is 1. The molecule has 0 saturated carbocycles. The number of rotatable bonds is 9. The highest BCUT2D eigenvalue weighted by atomic mass is 28.4. The Bertz CT molecular complexity index is 992. The van der Waals surface area contributed by atoms with E-state index in [1.54, 1.807) is 6.92 Å². The highest BCUT2D eigenvalue weighted by Crippen LogP contribution is 2.41. The predicted octanol–water partition coefficient (Wildman–Crippen LogP) is 7.58. The first kappa shape index (κ1) is 28.9. The van der Waals surface area contributed by atoms with Gasteiger partial charge in [-0.2, -0.15) is 0 Å². The molecule has 190 valence electrons. The molecule has 4 nitrogen and oxygen atoms in total. The fourth-order valence-corrected chi connectivity index (χ4v) is 5.79. The van der Waals surface area contributed by atoms with Gasteiger partial charge < -0.3 is 14.0 Å². The van der Waals surface area contributed by atoms with Crippen LogP contribution in [0.15, 0.2) is 42.5 Å². The smallest absolute Gasteiger partial charge is 0.192 e. The molecule has 34 heavy (non-hydrogen) atoms. The van der Waals surface area contributed by atoms with Gasteiger partial charge in [0, 0.05) is 12.0 Å². The molecule has 0 amide bonds. The van der Waals surface area contributed by atoms with Crippen LogP contribution in [0.4, 0.5) is 0 Å². The van der Waals surface area contributed by atoms with Crippen LogP contribution in [-0.2, 0) is 8.85 Å². The minimum Gasteiger partial charge on any atom is -0.414 e. The minimum atomic E-state index is -2.27. The zero-order valence-electron chi connectivity index (χ0n) is 23.2. The summed E-state index contributed by atoms with van der Waals surface area (Å²) in [7, 11) is -4.35. The summed E-state index contributed by atoms with van der Waals surface area (Å²) in [5.41, 5.74) is -0.631. The fraction of sp³-hybridized carbons (Fsp3) is 0.607. The molecular weight excluding hydrogens is 456 g/mol. The second kappa shape index (κ2) is 9.98. The Balaban J connectivity index is 2.40. The third-order valence-electron chi connectivity index (χ3n) is 7.93. The van der Waals surface area contributed by atoms with E-state index in [2.05, 4.69) is 67.7 Å². The van der Waals surface area contributed by atoms with E-state index in [4.69, 9.17) is 8.85 Å². The monoisotopic (exact) mass is 502 g/mol. The van der Waals surface area contributed by atoms with Crippen molar-refractivity contribution in [2.24, 2.45) is 0 Å². The molecule has 2 aromatic rings. The van der Waals surface area contributed by atoms with Crippen molar-refractivity contribution < 1.29 is 18.8 Å². The Kier molecular flexibility index (Phi) is 8.48. The Morgan fingerprint density at radius 2 is 1.38 bits per heavy atom. The summed E-state index contributed by atoms with van der Waals surface area (Å²) in [6.45, 7) is 23.6. The molecule has 0 aliphatic heterocycles. The lowest BCUT2D eigenvalue weighted by molar-refractivity contribution is -0.0816. The van der Waals surface area contributed by atoms with Crippen molar-refractivity contribution in [1.82, 2.24) is 0 Å². The zero-order chi connectivity index (χ0) is 26.2. The summed E-state index contributed by atoms with van der Waals surface area (Å²) < 4.78 is 13.1. The van der Waals surface area contributed by atoms with Crippen LogP contribution in [0.2, 0.25) is 36.3 Å². The summed E-state index contributed by atoms with van der Waals surface area (Å²) in [6, 6.07) is 13.7. The SMILES string of the molecule is CC(C)(C)[Si](C)(C)OC[C@@](C)(O)[C@@H](CC(=O)c1cccc2ccccc12)O[Si](C)(C)C(C)(C)C. The molecule has 0 heterocycles. The second-order valence-corrected chi connectivity index (χ2v) is 22.5. The average Bonchev–Trinajstić information content (AvgIpc) is 2.69. The largest absolute Gasteiger partial charge is 0.414 e. The normalized spacial score (nSPS) is 16.4. The number of carbonyl (C=O) groups is 1. The van der Waals surface area contributed by atoms with E-state index in [0.29, 0.717) is 5.56 Å². The van der Waals surface area contributed by atoms with Crippen molar-refractivity contribution in [3.63, 3.8) is 0 Å². The molecule has 0 radical (unpaired) electrons. The molecular formula is C28H46O4Si2. The summed E-state index contributed by atoms with van der Waals surface area (Å²) >= 11 is 0. The lowest BCUT2D eigenvalue weighted by Gasteiger charge is -2.45. The first-order valence-electron chi connectivity index (χ1n) is 12.3. The van der Waals surface area contributed by atoms with Crippen LogP contribution in [0.1, 0.15) is 65.2 Å². The number of ketones is 1. The molecule has 6 heteroatoms. The Morgan fingerprint density at radius 3 is 1.94 bits per heavy atom. The van der Waals surface area contributed by atoms with Crippen molar-refractivity contribution in [2.75, 3.05) is 6.61 Å². The highest BCUT2D eigenvalue weighted by molar-refractivity contribution is 6.74. The summed E-state index contributed by atoms with van der Waals surface area (Å²) in [4.78, 5) is 13.6. The number of benzene rings is 2. The molecule has 0 spiro atoms. The van der Waals surface area contributed by atoms with Crippen LogP contribution in [-0.4, -0.2) is 45.8 Å². The minimum absolute atomic E-state index is 0.0203. The molecule has 2 rings (SSSR count). The molecule has 0 saturated heterocycles. The molecule has 0 unspecified atom stereocenters. The van der Waals surface area contributed by atoms with Crippen LogP contribution < -0.4 is 0 Å². The molecule has 0 aliphatic carbocycles. The molecule has 0 aromatic heterocycles. The van der Waals surface area contributed by atoms with E-state index in [1.807, 2.05) is 42.5 Å². The summed E-state index contributed by atoms with van der Waals surface area (Å²) in [5, 5.41) is 13.6. The Hall–Kier alpha value is -1.32. The van der Waals surface area contributed by atoms with Gasteiger partial charge in [-0.15, -0.1) is 0 Å². The van der Waals surface area contributed by atoms with Gasteiger partial charge in [-0.05, 0) is 54.0 Å². The highest BCUT2D eigenvalue weighted by Gasteiger charge is 2.46. The van der Waals surface area contributed by atoms with Crippen molar-refractivity contribution in [1.29, 1.82) is 0 Å². The van der Waals surface area contributed by atoms with E-state index in [-0.39, 0.29) is 28.9 Å². The number of Topliss-reactive ketones (excluding diaryl/α,β-unsaturated/α-hetero) is 1. The van der Waals surface area contributed by atoms with Gasteiger partial charge in [0.1, 0.15) is 5.60 Å². The fourth-order valence-electron chi connectivity index (χ4n) is 3.30. The van der Waals surface area contributed by atoms with Gasteiger partial charge in [0.15, 0.2) is 22.4 Å². The van der Waals surface area contributed by atoms with Gasteiger partial charge in [0.05, 0.1) is 12.7 Å². The maximum atomic E-state index is 13.6. The van der Waals surface area contributed by atoms with Crippen LogP contribution in [0, 0.1) is 0 Å². The first-order chi connectivity index (χ1) is 15.3. The van der Waals surface area contributed by atoms with Gasteiger partial charge >= 0.3 is 0 Å². The average molecular weight is 503 g/mol. The summed E-state index contributed by atoms with van der Waals surface area (Å²) in [5.74, 6) is -0.0203. The van der Waals surface area contributed by atoms with E-state index in [1.165, 1.54) is 0 Å². The molecule has 0 fully saturated rings. The first-order valence-corrected chi connectivity index (χ1v) is 18.2. The van der Waals surface area contributed by atoms with Gasteiger partial charge in [0.25, 0.3) is 0 Å². The zero-order valence-corrected chi connectivity index (χ0v) is 25.2. The van der Waals surface area contributed by atoms with Gasteiger partial charge in [-0.1, -0.05) is 84.0 Å². The molecule has 2 atom stereocenters. The van der Waals surface area contributed by atoms with E-state index in [9.17, 15) is 9.90 Å². The number of carbonyl (C=O) groups excluding carboxylic acids is 1. The standard InChI is InChI=1S/C28H46O4Si2/c1-26(2,3)33(8,9)31-20-28(7,30)25(32-34(10,11)27(4,5)6)19-24(29)23-18-14-16-21-15-12-13-17-22(21)23/h12-18,25,30H,19-20H2,1-11H3/t25-,28-/m1/s1. The van der Waals surface area contributed by atoms with E-state index >= 15 is 0 Å². The topological polar surface area (TPSA) is 55.8 Å². The lowest BCUT2D eigenvalue weighted by atomic mass is 9.92. The van der Waals surface area contributed by atoms with Crippen molar-refractivity contribution in [3.8, 4) is 0 Å². The van der Waals surface area contributed by atoms with Crippen LogP contribution in [0.25, 0.3) is 10.8 Å². The molecule has 1 N–H and O–H groups in total. The number of hydrogen-bond donors (Lipinski definition) is 1. The number of aliphatic hydroxyl groups is 1. The number of hydrogen-bond acceptors (Lipinski definition) is 4. The maximum Gasteiger partial charge on any atom is 0.192 e. The van der Waals surface area contributed by atoms with Crippen molar-refractivity contribution in [2.45, 2.75) is 103 Å². The van der Waals surface area contributed by atoms with Gasteiger partial charge in [0.2, 0.25) is 0 Å². The van der Waals surface area contributed by atoms with Crippen molar-refractivity contribution in [3.05, 3.63) is 48.0 Å². The second-order valence-electron chi connectivity index (χ2n) is 12.9. The van der Waals surface area contributed by atoms with Crippen molar-refractivity contribution >= 4 is 33.2 Å². The van der Waals surface area contributed by atoms with Gasteiger partial charge in [-0.25, -0.2) is 0 Å². The third-order valence-corrected chi connectivity index (χ3v) is 16.9. The predicted molar refractivity (Wildman–Crippen MR) is 149 cm³/mol. The lowest BCUT2D eigenvalue weighted by Crippen LogP contribution is -2.55. The Morgan fingerprint density at radius 1 is 0.853 bits per heavy atom. The molecule has 2 aromatic carbocycles. The van der Waals surface area contributed by atoms with Crippen LogP contribution in [0.5, 0.6) is 0 Å². The quantitative estimate of drug-likeness (QED) is 0.284. The Labute approximate surface area is 209 Å². The molecule has 0 aliphatic rings. The maximum absolute atomic E-state index is 13.6. The molecule has 0 bridgehead atoms. The van der Waals surface area contributed by atoms with Crippen LogP contribution in [0.3, 0.4) is 0 Å². The van der Waals surface area contributed by atoms with Crippen LogP contribution >= 0.6 is 0 Å². The summed E-state index contributed by atoms with van der Waals surface area (Å²) in [6.07, 6.45) is -0.557. The third kappa shape index (κ3) is 6.67. The van der Waals surface area contributed by atoms with Gasteiger partial charge in [-0.3, -0.25) is 4.79 Å². The van der Waals surface area contributed by atoms with E-state index < -0.39 is 28.3 Å².